The van der Waals surface area contributed by atoms with Crippen molar-refractivity contribution in [3.05, 3.63) is 52.6 Å². The molecule has 3 heterocycles. The molecule has 3 N–H and O–H groups in total. The zero-order valence-electron chi connectivity index (χ0n) is 18.6. The number of rotatable bonds is 4. The fourth-order valence-electron chi connectivity index (χ4n) is 3.58. The summed E-state index contributed by atoms with van der Waals surface area (Å²) in [5.74, 6) is 1.45. The summed E-state index contributed by atoms with van der Waals surface area (Å²) in [6.45, 7) is -0.623. The van der Waals surface area contributed by atoms with Gasteiger partial charge in [0.2, 0.25) is 0 Å². The molecule has 1 aliphatic rings. The topological polar surface area (TPSA) is 92.1 Å². The highest BCUT2D eigenvalue weighted by Crippen LogP contribution is 2.27. The highest BCUT2D eigenvalue weighted by molar-refractivity contribution is 5.93. The highest BCUT2D eigenvalue weighted by Gasteiger charge is 2.21. The Kier molecular flexibility index (Phi) is 4.08. The number of hydrogen-bond donors (Lipinski definition) is 3. The van der Waals surface area contributed by atoms with Crippen molar-refractivity contribution in [2.24, 2.45) is 6.98 Å². The molecule has 0 spiro atoms. The summed E-state index contributed by atoms with van der Waals surface area (Å²) in [7, 11) is 0. The molecule has 146 valence electrons. The molecule has 7 heteroatoms. The molecule has 1 saturated carbocycles. The number of aliphatic hydroxyl groups excluding tert-OH is 1. The molecule has 0 aromatic carbocycles. The van der Waals surface area contributed by atoms with Crippen LogP contribution in [0.25, 0.3) is 10.8 Å². The number of aromatic nitrogens is 3. The van der Waals surface area contributed by atoms with Crippen molar-refractivity contribution in [1.82, 2.24) is 14.5 Å². The summed E-state index contributed by atoms with van der Waals surface area (Å²) in [6, 6.07) is 7.12. The Bertz CT molecular complexity index is 1150. The maximum Gasteiger partial charge on any atom is 0.261 e. The van der Waals surface area contributed by atoms with E-state index in [0.717, 1.165) is 23.0 Å². The van der Waals surface area contributed by atoms with Gasteiger partial charge in [-0.2, -0.15) is 0 Å². The highest BCUT2D eigenvalue weighted by atomic mass is 16.3. The second-order valence-electron chi connectivity index (χ2n) is 7.30. The molecule has 4 rings (SSSR count). The summed E-state index contributed by atoms with van der Waals surface area (Å²) < 4.78 is 23.7. The van der Waals surface area contributed by atoms with Gasteiger partial charge in [-0.3, -0.25) is 4.79 Å². The zero-order chi connectivity index (χ0) is 22.2. The average molecular weight is 382 g/mol. The Labute approximate surface area is 167 Å². The summed E-state index contributed by atoms with van der Waals surface area (Å²) >= 11 is 0. The molecule has 0 atom stereocenters. The van der Waals surface area contributed by atoms with Crippen LogP contribution in [-0.2, 0) is 6.98 Å². The van der Waals surface area contributed by atoms with Crippen LogP contribution < -0.4 is 16.2 Å². The second-order valence-corrected chi connectivity index (χ2v) is 7.30. The molecule has 28 heavy (non-hydrogen) atoms. The quantitative estimate of drug-likeness (QED) is 0.642. The van der Waals surface area contributed by atoms with Gasteiger partial charge in [0, 0.05) is 29.5 Å². The van der Waals surface area contributed by atoms with E-state index < -0.39 is 12.5 Å². The van der Waals surface area contributed by atoms with E-state index in [4.69, 9.17) is 4.11 Å². The average Bonchev–Trinajstić information content (AvgIpc) is 2.69. The van der Waals surface area contributed by atoms with Crippen LogP contribution in [0.2, 0.25) is 0 Å². The molecule has 3 aromatic heterocycles. The Balaban J connectivity index is 1.79. The largest absolute Gasteiger partial charge is 0.393 e. The first-order valence-electron chi connectivity index (χ1n) is 10.9. The molecule has 0 saturated heterocycles. The third-order valence-electron chi connectivity index (χ3n) is 5.09. The fraction of sp³-hybridized carbons (Fsp3) is 0.381. The van der Waals surface area contributed by atoms with Crippen molar-refractivity contribution < 1.29 is 9.22 Å². The van der Waals surface area contributed by atoms with Crippen molar-refractivity contribution in [3.63, 3.8) is 0 Å². The maximum atomic E-state index is 13.1. The van der Waals surface area contributed by atoms with E-state index in [1.54, 1.807) is 18.3 Å². The Morgan fingerprint density at radius 2 is 2.04 bits per heavy atom. The number of fused-ring (bicyclic) bond motifs is 1. The Hall–Kier alpha value is -2.93. The van der Waals surface area contributed by atoms with Crippen LogP contribution in [0.15, 0.2) is 41.5 Å². The molecule has 1 fully saturated rings. The lowest BCUT2D eigenvalue weighted by Crippen LogP contribution is -2.29. The van der Waals surface area contributed by atoms with Gasteiger partial charge in [-0.1, -0.05) is 0 Å². The first-order valence-corrected chi connectivity index (χ1v) is 9.42. The smallest absolute Gasteiger partial charge is 0.261 e. The molecular formula is C21H25N5O2. The van der Waals surface area contributed by atoms with Crippen LogP contribution in [-0.4, -0.2) is 31.8 Å². The van der Waals surface area contributed by atoms with Crippen LogP contribution in [0.3, 0.4) is 0 Å². The minimum absolute atomic E-state index is 0.0345. The summed E-state index contributed by atoms with van der Waals surface area (Å²) in [5.41, 5.74) is 0.418. The van der Waals surface area contributed by atoms with Crippen LogP contribution in [0.1, 0.15) is 35.4 Å². The number of aryl methyl sites for hydroxylation is 2. The van der Waals surface area contributed by atoms with Crippen molar-refractivity contribution >= 4 is 28.2 Å². The molecular weight excluding hydrogens is 354 g/mol. The van der Waals surface area contributed by atoms with Gasteiger partial charge >= 0.3 is 0 Å². The van der Waals surface area contributed by atoms with Crippen molar-refractivity contribution in [1.29, 1.82) is 0 Å². The van der Waals surface area contributed by atoms with E-state index >= 15 is 0 Å². The number of anilines is 3. The molecule has 1 aliphatic carbocycles. The van der Waals surface area contributed by atoms with Gasteiger partial charge in [-0.25, -0.2) is 9.97 Å². The lowest BCUT2D eigenvalue weighted by Gasteiger charge is -2.27. The van der Waals surface area contributed by atoms with Gasteiger partial charge in [0.25, 0.3) is 5.56 Å². The molecule has 0 aliphatic heterocycles. The number of nitrogens with zero attached hydrogens (tertiary/aromatic N) is 3. The number of pyridine rings is 3. The standard InChI is InChI=1S/C21H25N5O2/c1-13-7-9-22-17(11-13)24-18-12-14-8-10-26(2)21(28)19(14)20(25-18)23-15-3-5-16(27)6-4-15/h7-12,15-16,27H,3-6H2,1-2H3,(H2,22,23,24,25)/t15-,16-/i2D3. The third kappa shape index (κ3) is 3.84. The predicted molar refractivity (Wildman–Crippen MR) is 111 cm³/mol. The van der Waals surface area contributed by atoms with E-state index in [-0.39, 0.29) is 17.5 Å². The maximum absolute atomic E-state index is 13.1. The zero-order valence-corrected chi connectivity index (χ0v) is 15.6. The third-order valence-corrected chi connectivity index (χ3v) is 5.09. The fourth-order valence-corrected chi connectivity index (χ4v) is 3.58. The van der Waals surface area contributed by atoms with Crippen LogP contribution in [0.5, 0.6) is 0 Å². The van der Waals surface area contributed by atoms with Gasteiger partial charge in [0.1, 0.15) is 17.5 Å². The van der Waals surface area contributed by atoms with E-state index in [1.165, 1.54) is 6.20 Å². The van der Waals surface area contributed by atoms with Gasteiger partial charge in [0.05, 0.1) is 11.5 Å². The van der Waals surface area contributed by atoms with Gasteiger partial charge in [0.15, 0.2) is 0 Å². The van der Waals surface area contributed by atoms with Gasteiger partial charge in [-0.05, 0) is 67.8 Å². The minimum Gasteiger partial charge on any atom is -0.393 e. The van der Waals surface area contributed by atoms with Crippen molar-refractivity contribution in [2.45, 2.75) is 44.8 Å². The van der Waals surface area contributed by atoms with Crippen LogP contribution in [0.4, 0.5) is 17.5 Å². The second kappa shape index (κ2) is 7.59. The van der Waals surface area contributed by atoms with Crippen molar-refractivity contribution in [3.8, 4) is 0 Å². The molecule has 0 radical (unpaired) electrons. The molecule has 0 bridgehead atoms. The van der Waals surface area contributed by atoms with Crippen molar-refractivity contribution in [2.75, 3.05) is 10.6 Å². The number of hydrogen-bond acceptors (Lipinski definition) is 6. The molecule has 0 unspecified atom stereocenters. The van der Waals surface area contributed by atoms with E-state index in [2.05, 4.69) is 20.6 Å². The first-order chi connectivity index (χ1) is 14.7. The van der Waals surface area contributed by atoms with Gasteiger partial charge < -0.3 is 20.3 Å². The lowest BCUT2D eigenvalue weighted by molar-refractivity contribution is 0.126. The Morgan fingerprint density at radius 1 is 1.21 bits per heavy atom. The molecule has 3 aromatic rings. The van der Waals surface area contributed by atoms with Crippen LogP contribution >= 0.6 is 0 Å². The summed E-state index contributed by atoms with van der Waals surface area (Å²) in [6.07, 6.45) is 5.48. The summed E-state index contributed by atoms with van der Waals surface area (Å²) in [4.78, 5) is 21.9. The summed E-state index contributed by atoms with van der Waals surface area (Å²) in [5, 5.41) is 17.1. The van der Waals surface area contributed by atoms with E-state index in [0.29, 0.717) is 35.7 Å². The van der Waals surface area contributed by atoms with Crippen LogP contribution in [0, 0.1) is 6.92 Å². The predicted octanol–water partition coefficient (Wildman–Crippen LogP) is 3.10. The Morgan fingerprint density at radius 3 is 2.79 bits per heavy atom. The van der Waals surface area contributed by atoms with E-state index in [1.807, 2.05) is 19.1 Å². The minimum atomic E-state index is -2.58. The first kappa shape index (κ1) is 15.0. The molecule has 7 nitrogen and oxygen atoms in total. The van der Waals surface area contributed by atoms with E-state index in [9.17, 15) is 9.90 Å². The number of nitrogens with one attached hydrogen (secondary N) is 2. The number of aliphatic hydroxyl groups is 1. The normalized spacial score (nSPS) is 21.6. The SMILES string of the molecule is [2H]C([2H])([2H])n1ccc2cc(Nc3cc(C)ccn3)nc(N[C@H]3CC[C@H](O)CC3)c2c1=O. The molecule has 0 amide bonds. The van der Waals surface area contributed by atoms with Gasteiger partial charge in [-0.15, -0.1) is 0 Å². The monoisotopic (exact) mass is 382 g/mol. The lowest BCUT2D eigenvalue weighted by atomic mass is 9.93.